The summed E-state index contributed by atoms with van der Waals surface area (Å²) in [5.74, 6) is -1.27. The second-order valence-corrected chi connectivity index (χ2v) is 14.0. The Morgan fingerprint density at radius 2 is 1.50 bits per heavy atom. The first-order valence-electron chi connectivity index (χ1n) is 14.6. The maximum Gasteiger partial charge on any atom is 0.264 e. The van der Waals surface area contributed by atoms with Crippen LogP contribution in [0.3, 0.4) is 0 Å². The standard InChI is InChI=1S/C35H37ClFN3O5S/c1-35(2,3)38-34(42)32(22-25-10-6-5-7-11-25)39(23-26-12-8-9-13-31(26)37)33(41)24-40(28-16-14-27(36)15-17-28)46(43,44)30-20-18-29(45-4)19-21-30/h5-21,32H,22-24H2,1-4H3,(H,38,42). The van der Waals surface area contributed by atoms with Gasteiger partial charge in [0.05, 0.1) is 17.7 Å². The lowest BCUT2D eigenvalue weighted by atomic mass is 10.0. The summed E-state index contributed by atoms with van der Waals surface area (Å²) in [4.78, 5) is 29.5. The molecule has 2 amide bonds. The summed E-state index contributed by atoms with van der Waals surface area (Å²) in [5.41, 5.74) is 0.473. The van der Waals surface area contributed by atoms with Gasteiger partial charge >= 0.3 is 0 Å². The molecule has 242 valence electrons. The van der Waals surface area contributed by atoms with E-state index in [1.165, 1.54) is 78.7 Å². The van der Waals surface area contributed by atoms with Crippen molar-refractivity contribution in [3.05, 3.63) is 125 Å². The molecule has 0 aliphatic carbocycles. The Labute approximate surface area is 274 Å². The summed E-state index contributed by atoms with van der Waals surface area (Å²) in [6.07, 6.45) is 0.106. The monoisotopic (exact) mass is 665 g/mol. The molecule has 1 atom stereocenters. The van der Waals surface area contributed by atoms with Crippen LogP contribution in [0, 0.1) is 5.82 Å². The summed E-state index contributed by atoms with van der Waals surface area (Å²) in [6, 6.07) is 25.8. The number of sulfonamides is 1. The number of hydrogen-bond donors (Lipinski definition) is 1. The number of carbonyl (C=O) groups excluding carboxylic acids is 2. The van der Waals surface area contributed by atoms with E-state index in [4.69, 9.17) is 16.3 Å². The molecule has 0 aliphatic heterocycles. The second-order valence-electron chi connectivity index (χ2n) is 11.7. The fourth-order valence-corrected chi connectivity index (χ4v) is 6.37. The highest BCUT2D eigenvalue weighted by molar-refractivity contribution is 7.92. The van der Waals surface area contributed by atoms with Gasteiger partial charge in [-0.3, -0.25) is 13.9 Å². The fourth-order valence-electron chi connectivity index (χ4n) is 4.83. The van der Waals surface area contributed by atoms with E-state index in [0.717, 1.165) is 9.87 Å². The molecular formula is C35H37ClFN3O5S. The predicted octanol–water partition coefficient (Wildman–Crippen LogP) is 6.24. The number of halogens is 2. The summed E-state index contributed by atoms with van der Waals surface area (Å²) in [5, 5.41) is 3.32. The number of hydrogen-bond acceptors (Lipinski definition) is 5. The van der Waals surface area contributed by atoms with Crippen LogP contribution in [0.1, 0.15) is 31.9 Å². The average molecular weight is 666 g/mol. The van der Waals surface area contributed by atoms with Crippen molar-refractivity contribution in [3.8, 4) is 5.75 Å². The Balaban J connectivity index is 1.82. The van der Waals surface area contributed by atoms with Crippen molar-refractivity contribution in [1.82, 2.24) is 10.2 Å². The van der Waals surface area contributed by atoms with Crippen LogP contribution in [-0.2, 0) is 32.6 Å². The minimum Gasteiger partial charge on any atom is -0.497 e. The van der Waals surface area contributed by atoms with E-state index in [9.17, 15) is 18.0 Å². The molecule has 1 N–H and O–H groups in total. The molecule has 1 unspecified atom stereocenters. The SMILES string of the molecule is COc1ccc(S(=O)(=O)N(CC(=O)N(Cc2ccccc2F)C(Cc2ccccc2)C(=O)NC(C)(C)C)c2ccc(Cl)cc2)cc1. The lowest BCUT2D eigenvalue weighted by Crippen LogP contribution is -2.56. The average Bonchev–Trinajstić information content (AvgIpc) is 3.02. The van der Waals surface area contributed by atoms with E-state index in [2.05, 4.69) is 5.32 Å². The van der Waals surface area contributed by atoms with Crippen molar-refractivity contribution >= 4 is 39.1 Å². The Bertz CT molecular complexity index is 1750. The van der Waals surface area contributed by atoms with Gasteiger partial charge in [-0.25, -0.2) is 12.8 Å². The summed E-state index contributed by atoms with van der Waals surface area (Å²) < 4.78 is 49.4. The van der Waals surface area contributed by atoms with Gasteiger partial charge in [0, 0.05) is 29.1 Å². The van der Waals surface area contributed by atoms with Crippen LogP contribution in [0.2, 0.25) is 5.02 Å². The van der Waals surface area contributed by atoms with E-state index in [1.54, 1.807) is 6.07 Å². The van der Waals surface area contributed by atoms with Crippen LogP contribution in [-0.4, -0.2) is 50.4 Å². The maximum absolute atomic E-state index is 15.0. The molecule has 0 bridgehead atoms. The zero-order valence-electron chi connectivity index (χ0n) is 26.1. The van der Waals surface area contributed by atoms with E-state index in [0.29, 0.717) is 10.8 Å². The van der Waals surface area contributed by atoms with Crippen molar-refractivity contribution in [1.29, 1.82) is 0 Å². The van der Waals surface area contributed by atoms with Gasteiger partial charge in [-0.1, -0.05) is 60.1 Å². The molecule has 0 radical (unpaired) electrons. The molecule has 46 heavy (non-hydrogen) atoms. The van der Waals surface area contributed by atoms with Crippen molar-refractivity contribution in [2.24, 2.45) is 0 Å². The molecule has 4 rings (SSSR count). The highest BCUT2D eigenvalue weighted by Gasteiger charge is 2.36. The number of ether oxygens (including phenoxy) is 1. The predicted molar refractivity (Wildman–Crippen MR) is 178 cm³/mol. The van der Waals surface area contributed by atoms with Gasteiger partial charge in [0.15, 0.2) is 0 Å². The number of methoxy groups -OCH3 is 1. The van der Waals surface area contributed by atoms with Gasteiger partial charge in [0.25, 0.3) is 10.0 Å². The molecule has 4 aromatic carbocycles. The molecule has 0 saturated heterocycles. The fraction of sp³-hybridized carbons (Fsp3) is 0.257. The van der Waals surface area contributed by atoms with E-state index < -0.39 is 45.8 Å². The van der Waals surface area contributed by atoms with Gasteiger partial charge in [-0.2, -0.15) is 0 Å². The molecular weight excluding hydrogens is 629 g/mol. The number of benzene rings is 4. The molecule has 8 nitrogen and oxygen atoms in total. The minimum atomic E-state index is -4.32. The Kier molecular flexibility index (Phi) is 11.1. The summed E-state index contributed by atoms with van der Waals surface area (Å²) in [6.45, 7) is 4.49. The largest absolute Gasteiger partial charge is 0.497 e. The smallest absolute Gasteiger partial charge is 0.264 e. The number of anilines is 1. The van der Waals surface area contributed by atoms with Crippen LogP contribution < -0.4 is 14.4 Å². The van der Waals surface area contributed by atoms with Crippen LogP contribution in [0.15, 0.2) is 108 Å². The number of carbonyl (C=O) groups is 2. The zero-order chi connectivity index (χ0) is 33.5. The van der Waals surface area contributed by atoms with Crippen LogP contribution >= 0.6 is 11.6 Å². The lowest BCUT2D eigenvalue weighted by Gasteiger charge is -2.35. The molecule has 0 fully saturated rings. The first-order chi connectivity index (χ1) is 21.8. The highest BCUT2D eigenvalue weighted by atomic mass is 35.5. The van der Waals surface area contributed by atoms with Crippen LogP contribution in [0.25, 0.3) is 0 Å². The highest BCUT2D eigenvalue weighted by Crippen LogP contribution is 2.28. The molecule has 11 heteroatoms. The number of rotatable bonds is 12. The van der Waals surface area contributed by atoms with Crippen molar-refractivity contribution in [2.45, 2.75) is 50.2 Å². The van der Waals surface area contributed by atoms with Crippen LogP contribution in [0.5, 0.6) is 5.75 Å². The third-order valence-corrected chi connectivity index (χ3v) is 9.15. The number of nitrogens with zero attached hydrogens (tertiary/aromatic N) is 2. The number of nitrogens with one attached hydrogen (secondary N) is 1. The first-order valence-corrected chi connectivity index (χ1v) is 16.4. The molecule has 4 aromatic rings. The number of amides is 2. The quantitative estimate of drug-likeness (QED) is 0.193. The zero-order valence-corrected chi connectivity index (χ0v) is 27.7. The normalized spacial score (nSPS) is 12.2. The molecule has 0 heterocycles. The van der Waals surface area contributed by atoms with Gasteiger partial charge < -0.3 is 15.0 Å². The minimum absolute atomic E-state index is 0.0805. The molecule has 0 aromatic heterocycles. The molecule has 0 aliphatic rings. The molecule has 0 saturated carbocycles. The summed E-state index contributed by atoms with van der Waals surface area (Å²) in [7, 11) is -2.86. The Morgan fingerprint density at radius 3 is 2.09 bits per heavy atom. The third-order valence-electron chi connectivity index (χ3n) is 7.11. The molecule has 0 spiro atoms. The van der Waals surface area contributed by atoms with Crippen molar-refractivity contribution in [2.75, 3.05) is 18.0 Å². The van der Waals surface area contributed by atoms with Gasteiger partial charge in [-0.05, 0) is 80.9 Å². The Hall–Kier alpha value is -4.41. The van der Waals surface area contributed by atoms with E-state index >= 15 is 4.39 Å². The van der Waals surface area contributed by atoms with Crippen molar-refractivity contribution in [3.63, 3.8) is 0 Å². The Morgan fingerprint density at radius 1 is 0.891 bits per heavy atom. The van der Waals surface area contributed by atoms with Gasteiger partial charge in [0.1, 0.15) is 24.2 Å². The van der Waals surface area contributed by atoms with Gasteiger partial charge in [-0.15, -0.1) is 0 Å². The first kappa shape index (κ1) is 34.5. The lowest BCUT2D eigenvalue weighted by molar-refractivity contribution is -0.140. The van der Waals surface area contributed by atoms with E-state index in [-0.39, 0.29) is 29.1 Å². The third kappa shape index (κ3) is 8.86. The van der Waals surface area contributed by atoms with Gasteiger partial charge in [0.2, 0.25) is 11.8 Å². The second kappa shape index (κ2) is 14.8. The topological polar surface area (TPSA) is 96.0 Å². The van der Waals surface area contributed by atoms with Crippen LogP contribution in [0.4, 0.5) is 10.1 Å². The van der Waals surface area contributed by atoms with E-state index in [1.807, 2.05) is 51.1 Å². The van der Waals surface area contributed by atoms with Crippen molar-refractivity contribution < 1.29 is 27.1 Å². The summed E-state index contributed by atoms with van der Waals surface area (Å²) >= 11 is 6.11. The maximum atomic E-state index is 15.0.